The Morgan fingerprint density at radius 1 is 0.810 bits per heavy atom. The smallest absolute Gasteiger partial charge is 0.150 e. The molecule has 118 valence electrons. The van der Waals surface area contributed by atoms with Crippen molar-refractivity contribution < 1.29 is 28.8 Å². The number of hydrogen-bond acceptors (Lipinski definition) is 6. The van der Waals surface area contributed by atoms with E-state index in [1.807, 2.05) is 0 Å². The molecule has 0 fully saturated rings. The van der Waals surface area contributed by atoms with Crippen molar-refractivity contribution >= 4 is 6.29 Å². The number of benzene rings is 1. The van der Waals surface area contributed by atoms with E-state index in [0.29, 0.717) is 57.6 Å². The second-order valence-corrected chi connectivity index (χ2v) is 4.10. The molecule has 1 N–H and O–H groups in total. The number of aliphatic hydroxyl groups excluding tert-OH is 1. The highest BCUT2D eigenvalue weighted by atomic mass is 16.6. The molecular formula is C15H22O6. The Balaban J connectivity index is 1.89. The molecule has 0 amide bonds. The van der Waals surface area contributed by atoms with Gasteiger partial charge in [-0.3, -0.25) is 4.79 Å². The first kappa shape index (κ1) is 17.6. The van der Waals surface area contributed by atoms with E-state index in [1.54, 1.807) is 24.3 Å². The minimum atomic E-state index is 0.0288. The van der Waals surface area contributed by atoms with Crippen molar-refractivity contribution in [2.75, 3.05) is 52.9 Å². The highest BCUT2D eigenvalue weighted by Crippen LogP contribution is 2.10. The Hall–Kier alpha value is -1.47. The first-order valence-corrected chi connectivity index (χ1v) is 6.89. The van der Waals surface area contributed by atoms with Crippen LogP contribution in [0.15, 0.2) is 24.3 Å². The fourth-order valence-corrected chi connectivity index (χ4v) is 1.47. The van der Waals surface area contributed by atoms with Gasteiger partial charge in [0.25, 0.3) is 0 Å². The molecule has 1 rings (SSSR count). The second-order valence-electron chi connectivity index (χ2n) is 4.10. The molecule has 1 aromatic carbocycles. The van der Waals surface area contributed by atoms with E-state index in [1.165, 1.54) is 0 Å². The van der Waals surface area contributed by atoms with Crippen molar-refractivity contribution in [3.05, 3.63) is 29.8 Å². The summed E-state index contributed by atoms with van der Waals surface area (Å²) in [5.74, 6) is 0.710. The van der Waals surface area contributed by atoms with E-state index in [0.717, 1.165) is 6.29 Å². The summed E-state index contributed by atoms with van der Waals surface area (Å²) in [6, 6.07) is 6.91. The third-order valence-electron chi connectivity index (χ3n) is 2.49. The van der Waals surface area contributed by atoms with Crippen LogP contribution in [0.3, 0.4) is 0 Å². The molecule has 0 saturated heterocycles. The number of rotatable bonds is 13. The Bertz CT molecular complexity index is 365. The zero-order valence-electron chi connectivity index (χ0n) is 12.0. The van der Waals surface area contributed by atoms with Gasteiger partial charge in [0.1, 0.15) is 18.6 Å². The molecule has 6 heteroatoms. The topological polar surface area (TPSA) is 74.2 Å². The second kappa shape index (κ2) is 12.3. The van der Waals surface area contributed by atoms with Gasteiger partial charge in [0, 0.05) is 5.56 Å². The molecule has 0 saturated carbocycles. The van der Waals surface area contributed by atoms with Gasteiger partial charge in [-0.15, -0.1) is 0 Å². The van der Waals surface area contributed by atoms with Crippen LogP contribution < -0.4 is 4.74 Å². The molecule has 0 bridgehead atoms. The highest BCUT2D eigenvalue weighted by molar-refractivity contribution is 5.74. The van der Waals surface area contributed by atoms with Crippen LogP contribution >= 0.6 is 0 Å². The van der Waals surface area contributed by atoms with Crippen molar-refractivity contribution in [1.29, 1.82) is 0 Å². The summed E-state index contributed by atoms with van der Waals surface area (Å²) in [5, 5.41) is 8.48. The number of ether oxygens (including phenoxy) is 4. The molecule has 0 aromatic heterocycles. The summed E-state index contributed by atoms with van der Waals surface area (Å²) >= 11 is 0. The molecular weight excluding hydrogens is 276 g/mol. The average Bonchev–Trinajstić information content (AvgIpc) is 2.53. The van der Waals surface area contributed by atoms with E-state index >= 15 is 0 Å². The van der Waals surface area contributed by atoms with Crippen LogP contribution in [0.25, 0.3) is 0 Å². The van der Waals surface area contributed by atoms with Crippen molar-refractivity contribution in [1.82, 2.24) is 0 Å². The predicted octanol–water partition coefficient (Wildman–Crippen LogP) is 0.920. The highest BCUT2D eigenvalue weighted by Gasteiger charge is 1.95. The van der Waals surface area contributed by atoms with Gasteiger partial charge < -0.3 is 24.1 Å². The van der Waals surface area contributed by atoms with Crippen LogP contribution in [0.5, 0.6) is 5.75 Å². The first-order valence-electron chi connectivity index (χ1n) is 6.89. The van der Waals surface area contributed by atoms with E-state index in [4.69, 9.17) is 24.1 Å². The largest absolute Gasteiger partial charge is 0.491 e. The van der Waals surface area contributed by atoms with E-state index < -0.39 is 0 Å². The molecule has 0 radical (unpaired) electrons. The van der Waals surface area contributed by atoms with Gasteiger partial charge in [-0.25, -0.2) is 0 Å². The molecule has 0 heterocycles. The molecule has 21 heavy (non-hydrogen) atoms. The maximum atomic E-state index is 10.5. The van der Waals surface area contributed by atoms with Gasteiger partial charge in [-0.2, -0.15) is 0 Å². The van der Waals surface area contributed by atoms with Crippen LogP contribution in [-0.4, -0.2) is 64.2 Å². The van der Waals surface area contributed by atoms with Gasteiger partial charge in [0.15, 0.2) is 0 Å². The molecule has 0 aliphatic heterocycles. The lowest BCUT2D eigenvalue weighted by Crippen LogP contribution is -2.13. The van der Waals surface area contributed by atoms with Crippen LogP contribution in [0, 0.1) is 0 Å². The van der Waals surface area contributed by atoms with Crippen molar-refractivity contribution in [3.63, 3.8) is 0 Å². The maximum Gasteiger partial charge on any atom is 0.150 e. The van der Waals surface area contributed by atoms with E-state index in [-0.39, 0.29) is 6.61 Å². The lowest BCUT2D eigenvalue weighted by atomic mass is 10.2. The van der Waals surface area contributed by atoms with Crippen molar-refractivity contribution in [2.24, 2.45) is 0 Å². The number of aldehydes is 1. The Kier molecular flexibility index (Phi) is 10.3. The minimum Gasteiger partial charge on any atom is -0.491 e. The fraction of sp³-hybridized carbons (Fsp3) is 0.533. The van der Waals surface area contributed by atoms with Crippen molar-refractivity contribution in [3.8, 4) is 5.75 Å². The normalized spacial score (nSPS) is 10.5. The standard InChI is InChI=1S/C15H22O6/c16-5-6-18-7-8-19-9-10-20-11-12-21-15-3-1-14(13-17)2-4-15/h1-4,13,16H,5-12H2. The molecule has 0 aliphatic rings. The Labute approximate surface area is 124 Å². The van der Waals surface area contributed by atoms with Gasteiger partial charge in [-0.05, 0) is 24.3 Å². The molecule has 6 nitrogen and oxygen atoms in total. The van der Waals surface area contributed by atoms with Crippen LogP contribution in [0.2, 0.25) is 0 Å². The van der Waals surface area contributed by atoms with E-state index in [9.17, 15) is 4.79 Å². The number of aliphatic hydroxyl groups is 1. The summed E-state index contributed by atoms with van der Waals surface area (Å²) in [6.45, 7) is 3.24. The summed E-state index contributed by atoms with van der Waals surface area (Å²) < 4.78 is 21.1. The van der Waals surface area contributed by atoms with E-state index in [2.05, 4.69) is 0 Å². The lowest BCUT2D eigenvalue weighted by molar-refractivity contribution is 0.00361. The number of hydrogen-bond donors (Lipinski definition) is 1. The first-order chi connectivity index (χ1) is 10.4. The summed E-state index contributed by atoms with van der Waals surface area (Å²) in [6.07, 6.45) is 0.793. The summed E-state index contributed by atoms with van der Waals surface area (Å²) in [5.41, 5.74) is 0.624. The Morgan fingerprint density at radius 2 is 1.33 bits per heavy atom. The van der Waals surface area contributed by atoms with Gasteiger partial charge in [-0.1, -0.05) is 0 Å². The third-order valence-corrected chi connectivity index (χ3v) is 2.49. The van der Waals surface area contributed by atoms with Gasteiger partial charge in [0.05, 0.1) is 46.2 Å². The maximum absolute atomic E-state index is 10.5. The number of carbonyl (C=O) groups is 1. The van der Waals surface area contributed by atoms with Crippen LogP contribution in [0.1, 0.15) is 10.4 Å². The van der Waals surface area contributed by atoms with Gasteiger partial charge in [0.2, 0.25) is 0 Å². The third kappa shape index (κ3) is 9.14. The van der Waals surface area contributed by atoms with Crippen LogP contribution in [0.4, 0.5) is 0 Å². The molecule has 0 unspecified atom stereocenters. The monoisotopic (exact) mass is 298 g/mol. The fourth-order valence-electron chi connectivity index (χ4n) is 1.47. The summed E-state index contributed by atoms with van der Waals surface area (Å²) in [4.78, 5) is 10.5. The van der Waals surface area contributed by atoms with Gasteiger partial charge >= 0.3 is 0 Å². The molecule has 1 aromatic rings. The molecule has 0 spiro atoms. The molecule has 0 aliphatic carbocycles. The SMILES string of the molecule is O=Cc1ccc(OCCOCCOCCOCCO)cc1. The Morgan fingerprint density at radius 3 is 1.86 bits per heavy atom. The molecule has 0 atom stereocenters. The lowest BCUT2D eigenvalue weighted by Gasteiger charge is -2.08. The predicted molar refractivity (Wildman–Crippen MR) is 76.9 cm³/mol. The quantitative estimate of drug-likeness (QED) is 0.431. The average molecular weight is 298 g/mol. The number of carbonyl (C=O) groups excluding carboxylic acids is 1. The zero-order valence-corrected chi connectivity index (χ0v) is 12.0. The summed E-state index contributed by atoms with van der Waals surface area (Å²) in [7, 11) is 0. The van der Waals surface area contributed by atoms with Crippen LogP contribution in [-0.2, 0) is 14.2 Å². The zero-order chi connectivity index (χ0) is 15.2. The van der Waals surface area contributed by atoms with Crippen molar-refractivity contribution in [2.45, 2.75) is 0 Å². The minimum absolute atomic E-state index is 0.0288.